The zero-order valence-corrected chi connectivity index (χ0v) is 29.2. The third-order valence-electron chi connectivity index (χ3n) is 9.61. The summed E-state index contributed by atoms with van der Waals surface area (Å²) in [5.74, 6) is 1.57. The van der Waals surface area contributed by atoms with E-state index in [-0.39, 0.29) is 5.41 Å². The molecule has 0 saturated carbocycles. The van der Waals surface area contributed by atoms with E-state index in [0.717, 1.165) is 68.4 Å². The number of fused-ring (bicyclic) bond motifs is 4. The van der Waals surface area contributed by atoms with Crippen LogP contribution in [0.4, 0.5) is 0 Å². The van der Waals surface area contributed by atoms with Crippen molar-refractivity contribution in [2.45, 2.75) is 58.8 Å². The Hall–Kier alpha value is -5.75. The lowest BCUT2D eigenvalue weighted by Crippen LogP contribution is -2.29. The molecular weight excluding hydrogens is 615 g/mol. The average Bonchev–Trinajstić information content (AvgIpc) is 3.70. The van der Waals surface area contributed by atoms with Crippen LogP contribution < -0.4 is 9.30 Å². The Bertz CT molecular complexity index is 2550. The molecule has 0 aliphatic carbocycles. The number of rotatable bonds is 8. The number of pyridine rings is 2. The molecule has 0 bridgehead atoms. The Balaban J connectivity index is 1.19. The predicted octanol–water partition coefficient (Wildman–Crippen LogP) is 10.6. The highest BCUT2D eigenvalue weighted by atomic mass is 16.5. The third kappa shape index (κ3) is 5.61. The zero-order chi connectivity index (χ0) is 35.3. The van der Waals surface area contributed by atoms with E-state index in [1.54, 1.807) is 6.20 Å². The monoisotopic (exact) mass is 656 g/mol. The van der Waals surface area contributed by atoms with Gasteiger partial charge >= 0.3 is 0 Å². The van der Waals surface area contributed by atoms with Crippen LogP contribution in [0, 0.1) is 6.33 Å². The van der Waals surface area contributed by atoms with Crippen LogP contribution in [-0.2, 0) is 5.41 Å². The van der Waals surface area contributed by atoms with Gasteiger partial charge in [-0.15, -0.1) is 0 Å². The summed E-state index contributed by atoms with van der Waals surface area (Å²) >= 11 is 0. The molecule has 6 heteroatoms. The first-order chi connectivity index (χ1) is 24.7. The molecule has 6 nitrogen and oxygen atoms in total. The van der Waals surface area contributed by atoms with Crippen molar-refractivity contribution in [3.63, 3.8) is 0 Å². The second-order valence-electron chi connectivity index (χ2n) is 13.8. The second-order valence-corrected chi connectivity index (χ2v) is 13.8. The van der Waals surface area contributed by atoms with E-state index in [1.165, 1.54) is 5.56 Å². The molecule has 0 aliphatic rings. The highest BCUT2D eigenvalue weighted by Crippen LogP contribution is 2.36. The average molecular weight is 657 g/mol. The van der Waals surface area contributed by atoms with E-state index in [2.05, 4.69) is 134 Å². The van der Waals surface area contributed by atoms with E-state index in [4.69, 9.17) is 11.1 Å². The first-order valence-corrected chi connectivity index (χ1v) is 17.4. The maximum absolute atomic E-state index is 9.04. The quantitative estimate of drug-likeness (QED) is 0.121. The van der Waals surface area contributed by atoms with Gasteiger partial charge in [-0.25, -0.2) is 4.98 Å². The minimum Gasteiger partial charge on any atom is -0.456 e. The van der Waals surface area contributed by atoms with Gasteiger partial charge in [0.1, 0.15) is 17.3 Å². The molecule has 0 unspecified atom stereocenters. The predicted molar refractivity (Wildman–Crippen MR) is 202 cm³/mol. The van der Waals surface area contributed by atoms with Crippen LogP contribution in [0.15, 0.2) is 128 Å². The molecular formula is C44H41N5O. The maximum Gasteiger partial charge on any atom is 0.269 e. The minimum atomic E-state index is -0.630. The molecule has 0 amide bonds. The summed E-state index contributed by atoms with van der Waals surface area (Å²) < 4.78 is 21.9. The summed E-state index contributed by atoms with van der Waals surface area (Å²) in [7, 11) is 0. The first kappa shape index (κ1) is 30.3. The molecule has 0 fully saturated rings. The lowest BCUT2D eigenvalue weighted by molar-refractivity contribution is -0.572. The number of hydrogen-bond donors (Lipinski definition) is 0. The van der Waals surface area contributed by atoms with Gasteiger partial charge in [0.25, 0.3) is 6.33 Å². The van der Waals surface area contributed by atoms with Crippen molar-refractivity contribution in [3.05, 3.63) is 145 Å². The Morgan fingerprint density at radius 1 is 0.780 bits per heavy atom. The maximum atomic E-state index is 9.04. The Morgan fingerprint density at radius 3 is 2.38 bits per heavy atom. The summed E-state index contributed by atoms with van der Waals surface area (Å²) in [5, 5.41) is 2.30. The number of benzene rings is 4. The van der Waals surface area contributed by atoms with Gasteiger partial charge < -0.3 is 4.74 Å². The first-order valence-electron chi connectivity index (χ1n) is 17.9. The normalized spacial score (nSPS) is 12.5. The molecule has 8 rings (SSSR count). The zero-order valence-electron chi connectivity index (χ0n) is 30.2. The highest BCUT2D eigenvalue weighted by Gasteiger charge is 2.19. The molecule has 4 aromatic heterocycles. The van der Waals surface area contributed by atoms with Crippen molar-refractivity contribution in [3.8, 4) is 28.7 Å². The van der Waals surface area contributed by atoms with Crippen LogP contribution in [0.3, 0.4) is 0 Å². The molecule has 8 aromatic rings. The Labute approximate surface area is 294 Å². The fourth-order valence-electron chi connectivity index (χ4n) is 6.96. The summed E-state index contributed by atoms with van der Waals surface area (Å²) in [6.45, 7) is 10.8. The Kier molecular flexibility index (Phi) is 7.65. The molecule has 0 aliphatic heterocycles. The van der Waals surface area contributed by atoms with Crippen molar-refractivity contribution >= 4 is 32.8 Å². The van der Waals surface area contributed by atoms with Crippen molar-refractivity contribution in [1.82, 2.24) is 19.1 Å². The summed E-state index contributed by atoms with van der Waals surface area (Å²) in [6.07, 6.45) is 10.5. The van der Waals surface area contributed by atoms with Gasteiger partial charge in [-0.05, 0) is 83.8 Å². The molecule has 0 radical (unpaired) electrons. The van der Waals surface area contributed by atoms with Crippen LogP contribution >= 0.6 is 0 Å². The minimum absolute atomic E-state index is 0.00746. The third-order valence-corrected chi connectivity index (χ3v) is 9.61. The van der Waals surface area contributed by atoms with Crippen molar-refractivity contribution in [1.29, 1.82) is 0 Å². The molecule has 4 heterocycles. The van der Waals surface area contributed by atoms with Crippen molar-refractivity contribution in [2.24, 2.45) is 0 Å². The fraction of sp³-hybridized carbons (Fsp3) is 0.205. The smallest absolute Gasteiger partial charge is 0.269 e. The van der Waals surface area contributed by atoms with E-state index < -0.39 is 5.89 Å². The molecule has 50 heavy (non-hydrogen) atoms. The van der Waals surface area contributed by atoms with Crippen LogP contribution in [0.2, 0.25) is 0 Å². The van der Waals surface area contributed by atoms with Crippen LogP contribution in [0.1, 0.15) is 65.9 Å². The van der Waals surface area contributed by atoms with Gasteiger partial charge in [0.15, 0.2) is 0 Å². The number of nitrogens with zero attached hydrogens (tertiary/aromatic N) is 5. The topological polar surface area (TPSA) is 48.8 Å². The number of aromatic nitrogens is 5. The van der Waals surface area contributed by atoms with Crippen molar-refractivity contribution < 1.29 is 10.7 Å². The summed E-state index contributed by atoms with van der Waals surface area (Å²) in [5.41, 5.74) is 8.13. The second kappa shape index (κ2) is 12.6. The van der Waals surface area contributed by atoms with Crippen LogP contribution in [-0.4, -0.2) is 19.1 Å². The van der Waals surface area contributed by atoms with E-state index in [9.17, 15) is 0 Å². The fourth-order valence-corrected chi connectivity index (χ4v) is 6.96. The van der Waals surface area contributed by atoms with Crippen LogP contribution in [0.5, 0.6) is 11.5 Å². The number of ether oxygens (including phenoxy) is 1. The number of hydrogen-bond acceptors (Lipinski definition) is 3. The van der Waals surface area contributed by atoms with Crippen LogP contribution in [0.25, 0.3) is 50.0 Å². The molecule has 0 spiro atoms. The SMILES string of the molecule is [2H]C(CC)(CC)c1cccc(-[n+]2[c-]n(-c3cncc(Oc4ccc5c6ccccc6n(-c6cc(C(C)(C)C)ccn6)c5c4)c3)c3ccccc32)c1. The standard InChI is InChI=1S/C44H41N5O/c1-6-30(7-2)31-13-12-14-33(23-31)47-29-48(41-18-11-10-17-40(41)47)34-25-36(28-45-27-34)50-35-19-20-38-37-15-8-9-16-39(37)49(42(38)26-35)43-24-32(21-22-46-43)44(3,4)5/h8-28,30H,6-7H2,1-5H3/i30D. The Morgan fingerprint density at radius 2 is 1.56 bits per heavy atom. The van der Waals surface area contributed by atoms with Gasteiger partial charge in [0.2, 0.25) is 0 Å². The molecule has 4 aromatic carbocycles. The highest BCUT2D eigenvalue weighted by molar-refractivity contribution is 6.09. The largest absolute Gasteiger partial charge is 0.456 e. The summed E-state index contributed by atoms with van der Waals surface area (Å²) in [4.78, 5) is 9.42. The van der Waals surface area contributed by atoms with Gasteiger partial charge in [0.05, 0.1) is 39.6 Å². The lowest BCUT2D eigenvalue weighted by atomic mass is 9.88. The summed E-state index contributed by atoms with van der Waals surface area (Å²) in [6, 6.07) is 37.5. The van der Waals surface area contributed by atoms with Gasteiger partial charge in [0, 0.05) is 30.6 Å². The van der Waals surface area contributed by atoms with E-state index in [0.29, 0.717) is 11.5 Å². The molecule has 248 valence electrons. The molecule has 0 saturated heterocycles. The molecule has 0 atom stereocenters. The number of imidazole rings is 1. The van der Waals surface area contributed by atoms with E-state index >= 15 is 0 Å². The lowest BCUT2D eigenvalue weighted by Gasteiger charge is -2.20. The van der Waals surface area contributed by atoms with Gasteiger partial charge in [-0.2, -0.15) is 0 Å². The van der Waals surface area contributed by atoms with Gasteiger partial charge in [-0.3, -0.25) is 18.7 Å². The van der Waals surface area contributed by atoms with Crippen molar-refractivity contribution in [2.75, 3.05) is 0 Å². The number of para-hydroxylation sites is 3. The van der Waals surface area contributed by atoms with E-state index in [1.807, 2.05) is 47.3 Å². The molecule has 0 N–H and O–H groups in total. The van der Waals surface area contributed by atoms with Gasteiger partial charge in [-0.1, -0.05) is 89.2 Å².